The fourth-order valence-corrected chi connectivity index (χ4v) is 3.56. The first-order valence-electron chi connectivity index (χ1n) is 9.64. The highest BCUT2D eigenvalue weighted by Crippen LogP contribution is 2.37. The van der Waals surface area contributed by atoms with Crippen LogP contribution in [0.4, 0.5) is 13.6 Å². The molecular weight excluding hydrogens is 406 g/mol. The van der Waals surface area contributed by atoms with Gasteiger partial charge in [-0.3, -0.25) is 4.98 Å². The Balaban J connectivity index is 2.27. The van der Waals surface area contributed by atoms with E-state index in [1.165, 1.54) is 12.3 Å². The summed E-state index contributed by atoms with van der Waals surface area (Å²) in [5.74, 6) is -1.31. The summed E-state index contributed by atoms with van der Waals surface area (Å²) in [5, 5.41) is 0.115. The molecular formula is C22H28F2N2O3Si. The summed E-state index contributed by atoms with van der Waals surface area (Å²) in [6.07, 6.45) is 4.45. The van der Waals surface area contributed by atoms with Gasteiger partial charge in [-0.15, -0.1) is 0 Å². The second kappa shape index (κ2) is 9.49. The number of hydrogen-bond donors (Lipinski definition) is 1. The average Bonchev–Trinajstić information content (AvgIpc) is 2.63. The molecule has 0 spiro atoms. The highest BCUT2D eigenvalue weighted by molar-refractivity contribution is 6.74. The summed E-state index contributed by atoms with van der Waals surface area (Å²) >= 11 is 0. The molecule has 0 aliphatic rings. The molecule has 1 aromatic carbocycles. The van der Waals surface area contributed by atoms with Gasteiger partial charge in [0.1, 0.15) is 17.3 Å². The SMILES string of the molecule is CC(C)(C)[Si](C)(C)OCC/C=C/c1nccc(-c2cc(F)ccc2F)c1OC(N)=O. The molecule has 0 unspecified atom stereocenters. The zero-order chi connectivity index (χ0) is 22.5. The number of ether oxygens (including phenoxy) is 1. The van der Waals surface area contributed by atoms with Crippen LogP contribution in [-0.2, 0) is 4.43 Å². The number of carbonyl (C=O) groups is 1. The molecule has 30 heavy (non-hydrogen) atoms. The van der Waals surface area contributed by atoms with Gasteiger partial charge in [0.25, 0.3) is 0 Å². The van der Waals surface area contributed by atoms with E-state index in [9.17, 15) is 13.6 Å². The van der Waals surface area contributed by atoms with Crippen molar-refractivity contribution in [3.05, 3.63) is 53.9 Å². The molecule has 0 aliphatic heterocycles. The monoisotopic (exact) mass is 434 g/mol. The first kappa shape index (κ1) is 23.7. The lowest BCUT2D eigenvalue weighted by molar-refractivity contribution is 0.211. The predicted octanol–water partition coefficient (Wildman–Crippen LogP) is 5.91. The average molecular weight is 435 g/mol. The molecule has 0 fully saturated rings. The molecule has 8 heteroatoms. The predicted molar refractivity (Wildman–Crippen MR) is 117 cm³/mol. The van der Waals surface area contributed by atoms with Crippen LogP contribution in [0.3, 0.4) is 0 Å². The first-order chi connectivity index (χ1) is 13.9. The van der Waals surface area contributed by atoms with Gasteiger partial charge in [-0.05, 0) is 54.9 Å². The largest absolute Gasteiger partial charge is 0.417 e. The van der Waals surface area contributed by atoms with Crippen LogP contribution in [0.15, 0.2) is 36.5 Å². The first-order valence-corrected chi connectivity index (χ1v) is 12.6. The number of amides is 1. The second-order valence-corrected chi connectivity index (χ2v) is 13.2. The van der Waals surface area contributed by atoms with E-state index in [0.29, 0.717) is 13.0 Å². The minimum absolute atomic E-state index is 0.0314. The van der Waals surface area contributed by atoms with Crippen molar-refractivity contribution in [2.45, 2.75) is 45.3 Å². The van der Waals surface area contributed by atoms with Crippen molar-refractivity contribution < 1.29 is 22.7 Å². The van der Waals surface area contributed by atoms with Crippen molar-refractivity contribution >= 4 is 20.5 Å². The maximum absolute atomic E-state index is 14.3. The fourth-order valence-electron chi connectivity index (χ4n) is 2.50. The summed E-state index contributed by atoms with van der Waals surface area (Å²) in [5.41, 5.74) is 5.58. The molecule has 2 N–H and O–H groups in total. The number of nitrogens with zero attached hydrogens (tertiary/aromatic N) is 1. The van der Waals surface area contributed by atoms with Gasteiger partial charge in [0.2, 0.25) is 0 Å². The van der Waals surface area contributed by atoms with Crippen LogP contribution in [0.1, 0.15) is 32.9 Å². The van der Waals surface area contributed by atoms with E-state index in [1.807, 2.05) is 6.08 Å². The molecule has 162 valence electrons. The van der Waals surface area contributed by atoms with Crippen LogP contribution in [0, 0.1) is 11.6 Å². The van der Waals surface area contributed by atoms with Crippen LogP contribution >= 0.6 is 0 Å². The topological polar surface area (TPSA) is 74.4 Å². The highest BCUT2D eigenvalue weighted by Gasteiger charge is 2.36. The number of pyridine rings is 1. The third-order valence-corrected chi connectivity index (χ3v) is 9.72. The van der Waals surface area contributed by atoms with Gasteiger partial charge in [-0.25, -0.2) is 13.6 Å². The Morgan fingerprint density at radius 2 is 1.90 bits per heavy atom. The molecule has 0 saturated carbocycles. The maximum atomic E-state index is 14.3. The van der Waals surface area contributed by atoms with Crippen LogP contribution in [0.25, 0.3) is 17.2 Å². The van der Waals surface area contributed by atoms with Gasteiger partial charge in [-0.1, -0.05) is 26.8 Å². The third kappa shape index (κ3) is 5.96. The summed E-state index contributed by atoms with van der Waals surface area (Å²) in [6, 6.07) is 4.48. The molecule has 0 aliphatic carbocycles. The molecule has 0 bridgehead atoms. The molecule has 1 aromatic heterocycles. The number of carbonyl (C=O) groups excluding carboxylic acids is 1. The summed E-state index contributed by atoms with van der Waals surface area (Å²) in [6.45, 7) is 11.4. The summed E-state index contributed by atoms with van der Waals surface area (Å²) in [4.78, 5) is 15.6. The Hall–Kier alpha value is -2.58. The van der Waals surface area contributed by atoms with Crippen molar-refractivity contribution in [3.63, 3.8) is 0 Å². The van der Waals surface area contributed by atoms with Crippen molar-refractivity contribution in [1.82, 2.24) is 4.98 Å². The number of hydrogen-bond acceptors (Lipinski definition) is 4. The summed E-state index contributed by atoms with van der Waals surface area (Å²) in [7, 11) is -1.84. The van der Waals surface area contributed by atoms with Crippen LogP contribution in [0.5, 0.6) is 5.75 Å². The Bertz CT molecular complexity index is 940. The Kier molecular flexibility index (Phi) is 7.49. The van der Waals surface area contributed by atoms with Crippen molar-refractivity contribution in [3.8, 4) is 16.9 Å². The lowest BCUT2D eigenvalue weighted by Gasteiger charge is -2.36. The zero-order valence-electron chi connectivity index (χ0n) is 18.0. The number of halogens is 2. The van der Waals surface area contributed by atoms with Gasteiger partial charge >= 0.3 is 6.09 Å². The van der Waals surface area contributed by atoms with Crippen LogP contribution in [0.2, 0.25) is 18.1 Å². The fraction of sp³-hybridized carbons (Fsp3) is 0.364. The molecule has 2 rings (SSSR count). The maximum Gasteiger partial charge on any atom is 0.410 e. The Labute approximate surface area is 177 Å². The van der Waals surface area contributed by atoms with Gasteiger partial charge in [0.15, 0.2) is 14.1 Å². The molecule has 0 saturated heterocycles. The lowest BCUT2D eigenvalue weighted by Crippen LogP contribution is -2.40. The quantitative estimate of drug-likeness (QED) is 0.434. The Morgan fingerprint density at radius 1 is 1.20 bits per heavy atom. The molecule has 2 aromatic rings. The van der Waals surface area contributed by atoms with E-state index < -0.39 is 26.0 Å². The van der Waals surface area contributed by atoms with Gasteiger partial charge < -0.3 is 14.9 Å². The molecule has 5 nitrogen and oxygen atoms in total. The van der Waals surface area contributed by atoms with E-state index in [1.54, 1.807) is 6.08 Å². The molecule has 0 radical (unpaired) electrons. The highest BCUT2D eigenvalue weighted by atomic mass is 28.4. The lowest BCUT2D eigenvalue weighted by atomic mass is 10.0. The number of primary amides is 1. The second-order valence-electron chi connectivity index (χ2n) is 8.42. The minimum Gasteiger partial charge on any atom is -0.417 e. The van der Waals surface area contributed by atoms with E-state index >= 15 is 0 Å². The number of nitrogens with two attached hydrogens (primary N) is 1. The molecule has 0 atom stereocenters. The minimum atomic E-state index is -1.84. The summed E-state index contributed by atoms with van der Waals surface area (Å²) < 4.78 is 39.1. The van der Waals surface area contributed by atoms with Crippen LogP contribution < -0.4 is 10.5 Å². The van der Waals surface area contributed by atoms with E-state index in [0.717, 1.165) is 18.2 Å². The van der Waals surface area contributed by atoms with Gasteiger partial charge in [0, 0.05) is 23.9 Å². The van der Waals surface area contributed by atoms with E-state index in [-0.39, 0.29) is 27.6 Å². The third-order valence-electron chi connectivity index (χ3n) is 5.18. The van der Waals surface area contributed by atoms with Crippen molar-refractivity contribution in [1.29, 1.82) is 0 Å². The van der Waals surface area contributed by atoms with E-state index in [2.05, 4.69) is 38.8 Å². The molecule has 1 amide bonds. The molecule has 1 heterocycles. The number of benzene rings is 1. The standard InChI is InChI=1S/C22H28F2N2O3Si/c1-22(2,3)30(4,5)28-13-7-6-8-19-20(29-21(25)27)16(11-12-26-19)17-14-15(23)9-10-18(17)24/h6,8-12,14H,7,13H2,1-5H3,(H2,25,27)/b8-6+. The normalized spacial score (nSPS) is 12.4. The van der Waals surface area contributed by atoms with Crippen LogP contribution in [-0.4, -0.2) is 26.0 Å². The smallest absolute Gasteiger partial charge is 0.410 e. The van der Waals surface area contributed by atoms with Gasteiger partial charge in [0.05, 0.1) is 0 Å². The number of rotatable bonds is 7. The van der Waals surface area contributed by atoms with Crippen molar-refractivity contribution in [2.75, 3.05) is 6.61 Å². The Morgan fingerprint density at radius 3 is 2.53 bits per heavy atom. The zero-order valence-corrected chi connectivity index (χ0v) is 19.0. The van der Waals surface area contributed by atoms with Crippen molar-refractivity contribution in [2.24, 2.45) is 5.73 Å². The van der Waals surface area contributed by atoms with E-state index in [4.69, 9.17) is 14.9 Å². The van der Waals surface area contributed by atoms with Gasteiger partial charge in [-0.2, -0.15) is 0 Å². The number of aromatic nitrogens is 1.